The second-order valence-corrected chi connectivity index (χ2v) is 5.29. The van der Waals surface area contributed by atoms with Crippen molar-refractivity contribution in [3.05, 3.63) is 59.6 Å². The Labute approximate surface area is 138 Å². The molecule has 128 valence electrons. The molecule has 2 aromatic rings. The molecule has 0 saturated heterocycles. The van der Waals surface area contributed by atoms with Crippen molar-refractivity contribution in [2.45, 2.75) is 25.8 Å². The summed E-state index contributed by atoms with van der Waals surface area (Å²) in [4.78, 5) is 23.6. The topological polar surface area (TPSA) is 71.3 Å². The van der Waals surface area contributed by atoms with E-state index in [2.05, 4.69) is 10.6 Å². The Hall–Kier alpha value is -2.70. The zero-order chi connectivity index (χ0) is 17.5. The van der Waals surface area contributed by atoms with Gasteiger partial charge in [-0.25, -0.2) is 8.78 Å². The van der Waals surface area contributed by atoms with Crippen LogP contribution in [0.3, 0.4) is 0 Å². The normalized spacial score (nSPS) is 11.8. The largest absolute Gasteiger partial charge is 0.467 e. The first-order valence-corrected chi connectivity index (χ1v) is 7.53. The van der Waals surface area contributed by atoms with E-state index in [1.165, 1.54) is 6.26 Å². The van der Waals surface area contributed by atoms with Crippen LogP contribution in [0, 0.1) is 11.6 Å². The van der Waals surface area contributed by atoms with Gasteiger partial charge in [0.25, 0.3) is 5.91 Å². The van der Waals surface area contributed by atoms with E-state index in [4.69, 9.17) is 4.42 Å². The number of hydrogen-bond donors (Lipinski definition) is 2. The monoisotopic (exact) mass is 336 g/mol. The van der Waals surface area contributed by atoms with Gasteiger partial charge in [-0.2, -0.15) is 0 Å². The number of nitrogens with one attached hydrogen (secondary N) is 2. The number of carbonyl (C=O) groups excluding carboxylic acids is 2. The molecule has 0 saturated carbocycles. The second kappa shape index (κ2) is 8.24. The van der Waals surface area contributed by atoms with Gasteiger partial charge in [-0.05, 0) is 37.6 Å². The number of furan rings is 1. The summed E-state index contributed by atoms with van der Waals surface area (Å²) >= 11 is 0. The molecule has 0 unspecified atom stereocenters. The Morgan fingerprint density at radius 3 is 2.71 bits per heavy atom. The van der Waals surface area contributed by atoms with Gasteiger partial charge in [0, 0.05) is 19.0 Å². The van der Waals surface area contributed by atoms with E-state index in [0.29, 0.717) is 18.2 Å². The average molecular weight is 336 g/mol. The van der Waals surface area contributed by atoms with Crippen LogP contribution < -0.4 is 10.6 Å². The number of benzene rings is 1. The molecule has 1 heterocycles. The molecule has 1 aromatic carbocycles. The molecular formula is C17H18F2N2O3. The number of carbonyl (C=O) groups is 2. The molecule has 1 aromatic heterocycles. The van der Waals surface area contributed by atoms with Crippen molar-refractivity contribution >= 4 is 11.8 Å². The molecule has 7 heteroatoms. The Kier molecular flexibility index (Phi) is 6.06. The maximum atomic E-state index is 13.4. The van der Waals surface area contributed by atoms with Crippen LogP contribution in [0.2, 0.25) is 0 Å². The van der Waals surface area contributed by atoms with Crippen LogP contribution in [-0.4, -0.2) is 18.4 Å². The van der Waals surface area contributed by atoms with Crippen molar-refractivity contribution in [1.29, 1.82) is 0 Å². The molecule has 0 radical (unpaired) electrons. The molecule has 0 fully saturated rings. The quantitative estimate of drug-likeness (QED) is 0.764. The highest BCUT2D eigenvalue weighted by molar-refractivity contribution is 5.94. The van der Waals surface area contributed by atoms with Crippen LogP contribution in [-0.2, 0) is 4.79 Å². The number of rotatable bonds is 7. The van der Waals surface area contributed by atoms with Crippen LogP contribution in [0.5, 0.6) is 0 Å². The molecule has 1 atom stereocenters. The van der Waals surface area contributed by atoms with Crippen molar-refractivity contribution in [3.63, 3.8) is 0 Å². The summed E-state index contributed by atoms with van der Waals surface area (Å²) in [6.45, 7) is 2.01. The van der Waals surface area contributed by atoms with Crippen molar-refractivity contribution in [1.82, 2.24) is 10.6 Å². The predicted molar refractivity (Wildman–Crippen MR) is 83.2 cm³/mol. The maximum absolute atomic E-state index is 13.4. The molecule has 0 aliphatic heterocycles. The predicted octanol–water partition coefficient (Wildman–Crippen LogP) is 2.95. The minimum absolute atomic E-state index is 0.180. The Morgan fingerprint density at radius 2 is 2.04 bits per heavy atom. The summed E-state index contributed by atoms with van der Waals surface area (Å²) in [6, 6.07) is 6.01. The highest BCUT2D eigenvalue weighted by atomic mass is 19.1. The lowest BCUT2D eigenvalue weighted by Crippen LogP contribution is -2.29. The minimum atomic E-state index is -0.919. The van der Waals surface area contributed by atoms with Gasteiger partial charge in [0.1, 0.15) is 17.4 Å². The van der Waals surface area contributed by atoms with Crippen LogP contribution in [0.15, 0.2) is 41.0 Å². The summed E-state index contributed by atoms with van der Waals surface area (Å²) in [7, 11) is 0. The van der Waals surface area contributed by atoms with Crippen LogP contribution in [0.25, 0.3) is 0 Å². The SMILES string of the molecule is C[C@@H](NC(=O)CCCNC(=O)c1ccc(F)cc1F)c1ccco1. The van der Waals surface area contributed by atoms with Gasteiger partial charge in [-0.15, -0.1) is 0 Å². The third-order valence-electron chi connectivity index (χ3n) is 3.39. The van der Waals surface area contributed by atoms with Crippen molar-refractivity contribution in [2.24, 2.45) is 0 Å². The zero-order valence-corrected chi connectivity index (χ0v) is 13.1. The summed E-state index contributed by atoms with van der Waals surface area (Å²) < 4.78 is 31.4. The summed E-state index contributed by atoms with van der Waals surface area (Å²) in [5, 5.41) is 5.27. The first-order valence-electron chi connectivity index (χ1n) is 7.53. The van der Waals surface area contributed by atoms with E-state index in [-0.39, 0.29) is 30.5 Å². The van der Waals surface area contributed by atoms with E-state index >= 15 is 0 Å². The lowest BCUT2D eigenvalue weighted by Gasteiger charge is -2.11. The minimum Gasteiger partial charge on any atom is -0.467 e. The highest BCUT2D eigenvalue weighted by Gasteiger charge is 2.13. The summed E-state index contributed by atoms with van der Waals surface area (Å²) in [6.07, 6.45) is 2.13. The first-order chi connectivity index (χ1) is 11.5. The first kappa shape index (κ1) is 17.7. The van der Waals surface area contributed by atoms with E-state index in [9.17, 15) is 18.4 Å². The molecule has 0 spiro atoms. The number of amides is 2. The van der Waals surface area contributed by atoms with Crippen LogP contribution in [0.1, 0.15) is 41.9 Å². The van der Waals surface area contributed by atoms with Gasteiger partial charge in [-0.3, -0.25) is 9.59 Å². The molecule has 0 bridgehead atoms. The second-order valence-electron chi connectivity index (χ2n) is 5.29. The van der Waals surface area contributed by atoms with E-state index < -0.39 is 17.5 Å². The molecule has 0 aliphatic rings. The Morgan fingerprint density at radius 1 is 1.25 bits per heavy atom. The fourth-order valence-corrected chi connectivity index (χ4v) is 2.14. The van der Waals surface area contributed by atoms with Gasteiger partial charge in [0.05, 0.1) is 17.9 Å². The molecular weight excluding hydrogens is 318 g/mol. The van der Waals surface area contributed by atoms with Crippen LogP contribution >= 0.6 is 0 Å². The third kappa shape index (κ3) is 4.91. The standard InChI is InChI=1S/C17H18F2N2O3/c1-11(15-4-3-9-24-15)21-16(22)5-2-8-20-17(23)13-7-6-12(18)10-14(13)19/h3-4,6-7,9-11H,2,5,8H2,1H3,(H,20,23)(H,21,22)/t11-/m1/s1. The van der Waals surface area contributed by atoms with E-state index in [1.807, 2.05) is 0 Å². The highest BCUT2D eigenvalue weighted by Crippen LogP contribution is 2.12. The maximum Gasteiger partial charge on any atom is 0.254 e. The smallest absolute Gasteiger partial charge is 0.254 e. The number of halogens is 2. The van der Waals surface area contributed by atoms with Crippen molar-refractivity contribution < 1.29 is 22.8 Å². The van der Waals surface area contributed by atoms with Gasteiger partial charge < -0.3 is 15.1 Å². The molecule has 2 amide bonds. The van der Waals surface area contributed by atoms with Crippen molar-refractivity contribution in [2.75, 3.05) is 6.54 Å². The lowest BCUT2D eigenvalue weighted by molar-refractivity contribution is -0.121. The Bertz CT molecular complexity index is 702. The average Bonchev–Trinajstić information content (AvgIpc) is 3.05. The molecule has 2 rings (SSSR count). The van der Waals surface area contributed by atoms with Gasteiger partial charge in [-0.1, -0.05) is 0 Å². The molecule has 24 heavy (non-hydrogen) atoms. The van der Waals surface area contributed by atoms with Gasteiger partial charge in [0.2, 0.25) is 5.91 Å². The molecule has 0 aliphatic carbocycles. The zero-order valence-electron chi connectivity index (χ0n) is 13.1. The summed E-state index contributed by atoms with van der Waals surface area (Å²) in [5.41, 5.74) is -0.229. The van der Waals surface area contributed by atoms with E-state index in [0.717, 1.165) is 12.1 Å². The molecule has 5 nitrogen and oxygen atoms in total. The Balaban J connectivity index is 1.70. The van der Waals surface area contributed by atoms with E-state index in [1.54, 1.807) is 19.1 Å². The number of hydrogen-bond acceptors (Lipinski definition) is 3. The fourth-order valence-electron chi connectivity index (χ4n) is 2.14. The van der Waals surface area contributed by atoms with Gasteiger partial charge in [0.15, 0.2) is 0 Å². The fraction of sp³-hybridized carbons (Fsp3) is 0.294. The summed E-state index contributed by atoms with van der Waals surface area (Å²) in [5.74, 6) is -1.83. The molecule has 2 N–H and O–H groups in total. The third-order valence-corrected chi connectivity index (χ3v) is 3.39. The van der Waals surface area contributed by atoms with Gasteiger partial charge >= 0.3 is 0 Å². The van der Waals surface area contributed by atoms with Crippen molar-refractivity contribution in [3.8, 4) is 0 Å². The van der Waals surface area contributed by atoms with Crippen LogP contribution in [0.4, 0.5) is 8.78 Å². The lowest BCUT2D eigenvalue weighted by atomic mass is 10.2.